The number of aliphatic hydroxyl groups excluding tert-OH is 1. The molecule has 0 rings (SSSR count). The Morgan fingerprint density at radius 2 is 2.08 bits per heavy atom. The van der Waals surface area contributed by atoms with Crippen molar-refractivity contribution >= 4 is 5.97 Å². The summed E-state index contributed by atoms with van der Waals surface area (Å²) in [5.74, 6) is -1.04. The molecule has 78 valence electrons. The summed E-state index contributed by atoms with van der Waals surface area (Å²) in [5, 5.41) is 8.43. The summed E-state index contributed by atoms with van der Waals surface area (Å²) >= 11 is 0. The van der Waals surface area contributed by atoms with Crippen LogP contribution in [0.2, 0.25) is 0 Å². The number of halogens is 3. The normalized spacial score (nSPS) is 13.9. The maximum Gasteiger partial charge on any atom is 0.414 e. The molecule has 0 saturated heterocycles. The van der Waals surface area contributed by atoms with Crippen LogP contribution >= 0.6 is 0 Å². The quantitative estimate of drug-likeness (QED) is 0.695. The first-order chi connectivity index (χ1) is 5.88. The van der Waals surface area contributed by atoms with Crippen molar-refractivity contribution in [1.82, 2.24) is 0 Å². The summed E-state index contributed by atoms with van der Waals surface area (Å²) in [4.78, 5) is 10.6. The van der Waals surface area contributed by atoms with Gasteiger partial charge in [-0.3, -0.25) is 4.79 Å². The third kappa shape index (κ3) is 5.46. The number of rotatable bonds is 4. The van der Waals surface area contributed by atoms with Crippen LogP contribution in [0.4, 0.5) is 13.2 Å². The number of ether oxygens (including phenoxy) is 1. The van der Waals surface area contributed by atoms with Gasteiger partial charge in [0.15, 0.2) is 6.10 Å². The van der Waals surface area contributed by atoms with Crippen LogP contribution in [0.15, 0.2) is 0 Å². The highest BCUT2D eigenvalue weighted by Gasteiger charge is 2.39. The van der Waals surface area contributed by atoms with Gasteiger partial charge in [-0.2, -0.15) is 13.2 Å². The van der Waals surface area contributed by atoms with E-state index in [2.05, 4.69) is 4.74 Å². The van der Waals surface area contributed by atoms with Gasteiger partial charge in [0.2, 0.25) is 0 Å². The molecule has 0 aliphatic carbocycles. The van der Waals surface area contributed by atoms with Gasteiger partial charge >= 0.3 is 12.1 Å². The minimum atomic E-state index is -4.76. The molecule has 0 heterocycles. The third-order valence-electron chi connectivity index (χ3n) is 1.21. The van der Waals surface area contributed by atoms with Crippen molar-refractivity contribution in [2.45, 2.75) is 32.0 Å². The first-order valence-corrected chi connectivity index (χ1v) is 3.78. The molecule has 6 heteroatoms. The van der Waals surface area contributed by atoms with Crippen molar-refractivity contribution in [2.75, 3.05) is 6.61 Å². The van der Waals surface area contributed by atoms with Crippen LogP contribution in [0, 0.1) is 0 Å². The van der Waals surface area contributed by atoms with Gasteiger partial charge < -0.3 is 9.84 Å². The summed E-state index contributed by atoms with van der Waals surface area (Å²) in [7, 11) is 0. The number of hydrogen-bond acceptors (Lipinski definition) is 3. The minimum Gasteiger partial charge on any atom is -0.466 e. The van der Waals surface area contributed by atoms with E-state index >= 15 is 0 Å². The van der Waals surface area contributed by atoms with E-state index in [1.807, 2.05) is 0 Å². The van der Waals surface area contributed by atoms with Crippen LogP contribution in [-0.2, 0) is 9.53 Å². The molecule has 13 heavy (non-hydrogen) atoms. The highest BCUT2D eigenvalue weighted by atomic mass is 19.4. The monoisotopic (exact) mass is 200 g/mol. The predicted molar refractivity (Wildman–Crippen MR) is 37.9 cm³/mol. The van der Waals surface area contributed by atoms with Crippen molar-refractivity contribution in [3.63, 3.8) is 0 Å². The number of carbonyl (C=O) groups excluding carboxylic acids is 1. The predicted octanol–water partition coefficient (Wildman–Crippen LogP) is 1.25. The van der Waals surface area contributed by atoms with E-state index in [9.17, 15) is 18.0 Å². The summed E-state index contributed by atoms with van der Waals surface area (Å²) in [6.07, 6.45) is -7.89. The third-order valence-corrected chi connectivity index (χ3v) is 1.21. The number of esters is 1. The standard InChI is InChI=1S/C7H11F3O3/c1-2-3-13-6(12)4-5(11)7(8,9)10/h5,11H,2-4H2,1H3. The number of hydrogen-bond donors (Lipinski definition) is 1. The molecule has 0 aromatic carbocycles. The van der Waals surface area contributed by atoms with Crippen LogP contribution in [0.5, 0.6) is 0 Å². The molecule has 1 N–H and O–H groups in total. The molecule has 1 atom stereocenters. The van der Waals surface area contributed by atoms with Gasteiger partial charge in [0.05, 0.1) is 13.0 Å². The Hall–Kier alpha value is -0.780. The molecule has 0 radical (unpaired) electrons. The lowest BCUT2D eigenvalue weighted by molar-refractivity contribution is -0.209. The Labute approximate surface area is 73.5 Å². The molecule has 0 fully saturated rings. The van der Waals surface area contributed by atoms with Gasteiger partial charge in [0.25, 0.3) is 0 Å². The fraction of sp³-hybridized carbons (Fsp3) is 0.857. The molecule has 0 aliphatic rings. The molecular weight excluding hydrogens is 189 g/mol. The molecule has 0 spiro atoms. The summed E-state index contributed by atoms with van der Waals surface area (Å²) in [5.41, 5.74) is 0. The van der Waals surface area contributed by atoms with Crippen LogP contribution in [0.25, 0.3) is 0 Å². The highest BCUT2D eigenvalue weighted by molar-refractivity contribution is 5.70. The zero-order valence-electron chi connectivity index (χ0n) is 7.10. The summed E-state index contributed by atoms with van der Waals surface area (Å²) in [6, 6.07) is 0. The number of alkyl halides is 3. The molecule has 0 bridgehead atoms. The van der Waals surface area contributed by atoms with Crippen molar-refractivity contribution in [2.24, 2.45) is 0 Å². The van der Waals surface area contributed by atoms with Gasteiger partial charge in [0, 0.05) is 0 Å². The summed E-state index contributed by atoms with van der Waals surface area (Å²) in [6.45, 7) is 1.79. The Morgan fingerprint density at radius 3 is 2.46 bits per heavy atom. The molecule has 0 aliphatic heterocycles. The van der Waals surface area contributed by atoms with Crippen molar-refractivity contribution in [1.29, 1.82) is 0 Å². The SMILES string of the molecule is CCCOC(=O)CC(O)C(F)(F)F. The maximum atomic E-state index is 11.7. The van der Waals surface area contributed by atoms with Crippen LogP contribution in [0.3, 0.4) is 0 Å². The van der Waals surface area contributed by atoms with E-state index in [0.29, 0.717) is 6.42 Å². The van der Waals surface area contributed by atoms with E-state index < -0.39 is 24.7 Å². The van der Waals surface area contributed by atoms with Gasteiger partial charge in [-0.05, 0) is 6.42 Å². The summed E-state index contributed by atoms with van der Waals surface area (Å²) < 4.78 is 39.4. The minimum absolute atomic E-state index is 0.0728. The highest BCUT2D eigenvalue weighted by Crippen LogP contribution is 2.22. The zero-order chi connectivity index (χ0) is 10.5. The first kappa shape index (κ1) is 12.2. The topological polar surface area (TPSA) is 46.5 Å². The Kier molecular flexibility index (Phi) is 4.76. The first-order valence-electron chi connectivity index (χ1n) is 3.78. The largest absolute Gasteiger partial charge is 0.466 e. The fourth-order valence-corrected chi connectivity index (χ4v) is 0.548. The van der Waals surface area contributed by atoms with Crippen molar-refractivity contribution in [3.8, 4) is 0 Å². The van der Waals surface area contributed by atoms with Crippen LogP contribution in [-0.4, -0.2) is 30.0 Å². The second-order valence-corrected chi connectivity index (χ2v) is 2.48. The molecule has 0 aromatic rings. The smallest absolute Gasteiger partial charge is 0.414 e. The van der Waals surface area contributed by atoms with Gasteiger partial charge in [-0.1, -0.05) is 6.92 Å². The Morgan fingerprint density at radius 1 is 1.54 bits per heavy atom. The zero-order valence-corrected chi connectivity index (χ0v) is 7.10. The lowest BCUT2D eigenvalue weighted by Gasteiger charge is -2.13. The van der Waals surface area contributed by atoms with Gasteiger partial charge in [-0.15, -0.1) is 0 Å². The molecule has 0 amide bonds. The van der Waals surface area contributed by atoms with Gasteiger partial charge in [0.1, 0.15) is 0 Å². The van der Waals surface area contributed by atoms with E-state index in [1.165, 1.54) is 0 Å². The lowest BCUT2D eigenvalue weighted by atomic mass is 10.2. The molecule has 0 saturated carbocycles. The number of carbonyl (C=O) groups is 1. The number of aliphatic hydroxyl groups is 1. The van der Waals surface area contributed by atoms with Crippen molar-refractivity contribution < 1.29 is 27.8 Å². The van der Waals surface area contributed by atoms with E-state index in [1.54, 1.807) is 6.92 Å². The Balaban J connectivity index is 3.79. The molecular formula is C7H11F3O3. The average molecular weight is 200 g/mol. The lowest BCUT2D eigenvalue weighted by Crippen LogP contribution is -2.31. The van der Waals surface area contributed by atoms with E-state index in [0.717, 1.165) is 0 Å². The molecule has 3 nitrogen and oxygen atoms in total. The van der Waals surface area contributed by atoms with Crippen LogP contribution < -0.4 is 0 Å². The molecule has 0 aromatic heterocycles. The second kappa shape index (κ2) is 5.06. The molecule has 1 unspecified atom stereocenters. The van der Waals surface area contributed by atoms with Crippen LogP contribution in [0.1, 0.15) is 19.8 Å². The maximum absolute atomic E-state index is 11.7. The Bertz CT molecular complexity index is 167. The second-order valence-electron chi connectivity index (χ2n) is 2.48. The van der Waals surface area contributed by atoms with E-state index in [4.69, 9.17) is 5.11 Å². The average Bonchev–Trinajstić information content (AvgIpc) is 1.99. The van der Waals surface area contributed by atoms with Crippen molar-refractivity contribution in [3.05, 3.63) is 0 Å². The fourth-order valence-electron chi connectivity index (χ4n) is 0.548. The van der Waals surface area contributed by atoms with Gasteiger partial charge in [-0.25, -0.2) is 0 Å². The van der Waals surface area contributed by atoms with E-state index in [-0.39, 0.29) is 6.61 Å².